The second-order valence-corrected chi connectivity index (χ2v) is 5.05. The van der Waals surface area contributed by atoms with E-state index in [-0.39, 0.29) is 6.10 Å². The number of anilines is 1. The average Bonchev–Trinajstić information content (AvgIpc) is 2.73. The topological polar surface area (TPSA) is 62.3 Å². The highest BCUT2D eigenvalue weighted by atomic mass is 16.5. The predicted octanol–water partition coefficient (Wildman–Crippen LogP) is 2.37. The smallest absolute Gasteiger partial charge is 0.201 e. The normalized spacial score (nSPS) is 23.7. The fraction of sp³-hybridized carbons (Fsp3) is 0.500. The van der Waals surface area contributed by atoms with Gasteiger partial charge in [-0.1, -0.05) is 0 Å². The highest BCUT2D eigenvalue weighted by molar-refractivity contribution is 5.80. The van der Waals surface area contributed by atoms with Crippen LogP contribution < -0.4 is 10.5 Å². The highest BCUT2D eigenvalue weighted by Crippen LogP contribution is 2.32. The van der Waals surface area contributed by atoms with Crippen molar-refractivity contribution >= 4 is 17.0 Å². The zero-order chi connectivity index (χ0) is 13.4. The predicted molar refractivity (Wildman–Crippen MR) is 74.4 cm³/mol. The molecule has 0 amide bonds. The Balaban J connectivity index is 2.08. The number of nitrogens with zero attached hydrogens (tertiary/aromatic N) is 2. The van der Waals surface area contributed by atoms with Gasteiger partial charge < -0.3 is 19.8 Å². The van der Waals surface area contributed by atoms with Crippen molar-refractivity contribution in [2.45, 2.75) is 31.9 Å². The van der Waals surface area contributed by atoms with E-state index in [9.17, 15) is 0 Å². The number of methoxy groups -OCH3 is 1. The van der Waals surface area contributed by atoms with Gasteiger partial charge in [0, 0.05) is 18.7 Å². The van der Waals surface area contributed by atoms with Crippen molar-refractivity contribution in [2.75, 3.05) is 19.5 Å². The Kier molecular flexibility index (Phi) is 3.06. The Labute approximate surface area is 112 Å². The lowest BCUT2D eigenvalue weighted by Gasteiger charge is -2.29. The molecule has 3 rings (SSSR count). The van der Waals surface area contributed by atoms with Crippen molar-refractivity contribution < 1.29 is 9.47 Å². The lowest BCUT2D eigenvalue weighted by Crippen LogP contribution is -2.26. The van der Waals surface area contributed by atoms with Crippen LogP contribution >= 0.6 is 0 Å². The molecule has 5 nitrogen and oxygen atoms in total. The molecule has 1 saturated heterocycles. The van der Waals surface area contributed by atoms with Crippen LogP contribution in [0.1, 0.15) is 25.8 Å². The first-order valence-electron chi connectivity index (χ1n) is 6.62. The molecule has 0 saturated carbocycles. The van der Waals surface area contributed by atoms with Gasteiger partial charge in [-0.2, -0.15) is 0 Å². The summed E-state index contributed by atoms with van der Waals surface area (Å²) in [5.74, 6) is 1.40. The van der Waals surface area contributed by atoms with Crippen molar-refractivity contribution in [3.05, 3.63) is 18.2 Å². The molecule has 0 bridgehead atoms. The molecular formula is C14H19N3O2. The summed E-state index contributed by atoms with van der Waals surface area (Å²) in [6.07, 6.45) is 2.20. The van der Waals surface area contributed by atoms with Crippen LogP contribution in [0, 0.1) is 0 Å². The lowest BCUT2D eigenvalue weighted by atomic mass is 10.0. The molecule has 1 aliphatic heterocycles. The van der Waals surface area contributed by atoms with E-state index in [0.29, 0.717) is 12.0 Å². The van der Waals surface area contributed by atoms with Crippen LogP contribution in [-0.4, -0.2) is 29.4 Å². The van der Waals surface area contributed by atoms with E-state index < -0.39 is 0 Å². The molecule has 1 aliphatic rings. The number of imidazole rings is 1. The molecule has 0 radical (unpaired) electrons. The maximum absolute atomic E-state index is 6.09. The lowest BCUT2D eigenvalue weighted by molar-refractivity contribution is 0.00713. The number of nitrogens with two attached hydrogens (primary N) is 1. The molecule has 2 aromatic rings. The number of fused-ring (bicyclic) bond motifs is 1. The first-order valence-corrected chi connectivity index (χ1v) is 6.62. The Morgan fingerprint density at radius 2 is 2.32 bits per heavy atom. The number of benzene rings is 1. The van der Waals surface area contributed by atoms with Gasteiger partial charge >= 0.3 is 0 Å². The molecule has 2 N–H and O–H groups in total. The van der Waals surface area contributed by atoms with E-state index in [4.69, 9.17) is 15.2 Å². The van der Waals surface area contributed by atoms with Crippen LogP contribution in [0.3, 0.4) is 0 Å². The number of aromatic nitrogens is 2. The van der Waals surface area contributed by atoms with Gasteiger partial charge in [0.1, 0.15) is 5.75 Å². The number of ether oxygens (including phenoxy) is 2. The molecule has 5 heteroatoms. The number of nitrogen functional groups attached to an aromatic ring is 1. The summed E-state index contributed by atoms with van der Waals surface area (Å²) in [5, 5.41) is 0. The second kappa shape index (κ2) is 4.74. The molecule has 2 unspecified atom stereocenters. The minimum absolute atomic E-state index is 0.265. The third-order valence-electron chi connectivity index (χ3n) is 3.75. The van der Waals surface area contributed by atoms with Crippen LogP contribution in [-0.2, 0) is 4.74 Å². The molecule has 0 aliphatic carbocycles. The minimum atomic E-state index is 0.265. The SMILES string of the molecule is COc1ccc2nc(N)n(C3CCOC(C)C3)c2c1. The molecule has 19 heavy (non-hydrogen) atoms. The fourth-order valence-corrected chi connectivity index (χ4v) is 2.81. The van der Waals surface area contributed by atoms with Gasteiger partial charge in [-0.15, -0.1) is 0 Å². The van der Waals surface area contributed by atoms with Crippen LogP contribution in [0.4, 0.5) is 5.95 Å². The molecule has 0 spiro atoms. The van der Waals surface area contributed by atoms with Gasteiger partial charge in [-0.25, -0.2) is 4.98 Å². The summed E-state index contributed by atoms with van der Waals surface area (Å²) in [4.78, 5) is 4.43. The van der Waals surface area contributed by atoms with Crippen LogP contribution in [0.15, 0.2) is 18.2 Å². The Hall–Kier alpha value is -1.75. The Morgan fingerprint density at radius 1 is 1.47 bits per heavy atom. The van der Waals surface area contributed by atoms with Gasteiger partial charge in [-0.05, 0) is 31.9 Å². The van der Waals surface area contributed by atoms with E-state index in [1.807, 2.05) is 18.2 Å². The van der Waals surface area contributed by atoms with E-state index in [1.54, 1.807) is 7.11 Å². The first-order chi connectivity index (χ1) is 9.19. The van der Waals surface area contributed by atoms with Crippen molar-refractivity contribution in [1.29, 1.82) is 0 Å². The standard InChI is InChI=1S/C14H19N3O2/c1-9-7-10(5-6-19-9)17-13-8-11(18-2)3-4-12(13)16-14(17)15/h3-4,8-10H,5-7H2,1-2H3,(H2,15,16). The van der Waals surface area contributed by atoms with Gasteiger partial charge in [0.05, 0.1) is 24.2 Å². The summed E-state index contributed by atoms with van der Waals surface area (Å²) < 4.78 is 13.0. The van der Waals surface area contributed by atoms with Crippen molar-refractivity contribution in [1.82, 2.24) is 9.55 Å². The largest absolute Gasteiger partial charge is 0.497 e. The van der Waals surface area contributed by atoms with Gasteiger partial charge in [-0.3, -0.25) is 0 Å². The van der Waals surface area contributed by atoms with Crippen molar-refractivity contribution in [2.24, 2.45) is 0 Å². The Bertz CT molecular complexity index is 594. The maximum Gasteiger partial charge on any atom is 0.201 e. The minimum Gasteiger partial charge on any atom is -0.497 e. The number of hydrogen-bond donors (Lipinski definition) is 1. The van der Waals surface area contributed by atoms with Crippen LogP contribution in [0.5, 0.6) is 5.75 Å². The summed E-state index contributed by atoms with van der Waals surface area (Å²) in [7, 11) is 1.67. The third kappa shape index (κ3) is 2.14. The third-order valence-corrected chi connectivity index (χ3v) is 3.75. The molecular weight excluding hydrogens is 242 g/mol. The Morgan fingerprint density at radius 3 is 3.05 bits per heavy atom. The molecule has 102 valence electrons. The monoisotopic (exact) mass is 261 g/mol. The number of hydrogen-bond acceptors (Lipinski definition) is 4. The maximum atomic E-state index is 6.09. The van der Waals surface area contributed by atoms with Crippen LogP contribution in [0.2, 0.25) is 0 Å². The quantitative estimate of drug-likeness (QED) is 0.901. The molecule has 2 atom stereocenters. The van der Waals surface area contributed by atoms with Gasteiger partial charge in [0.2, 0.25) is 5.95 Å². The zero-order valence-corrected chi connectivity index (χ0v) is 11.3. The average molecular weight is 261 g/mol. The van der Waals surface area contributed by atoms with Crippen molar-refractivity contribution in [3.63, 3.8) is 0 Å². The molecule has 1 aromatic heterocycles. The zero-order valence-electron chi connectivity index (χ0n) is 11.3. The van der Waals surface area contributed by atoms with E-state index in [0.717, 1.165) is 36.2 Å². The summed E-state index contributed by atoms with van der Waals surface area (Å²) >= 11 is 0. The number of rotatable bonds is 2. The highest BCUT2D eigenvalue weighted by Gasteiger charge is 2.24. The molecule has 2 heterocycles. The fourth-order valence-electron chi connectivity index (χ4n) is 2.81. The summed E-state index contributed by atoms with van der Waals surface area (Å²) in [5.41, 5.74) is 8.04. The summed E-state index contributed by atoms with van der Waals surface area (Å²) in [6, 6.07) is 6.20. The molecule has 1 aromatic carbocycles. The van der Waals surface area contributed by atoms with E-state index in [2.05, 4.69) is 16.5 Å². The van der Waals surface area contributed by atoms with Crippen LogP contribution in [0.25, 0.3) is 11.0 Å². The van der Waals surface area contributed by atoms with Gasteiger partial charge in [0.15, 0.2) is 0 Å². The van der Waals surface area contributed by atoms with E-state index in [1.165, 1.54) is 0 Å². The van der Waals surface area contributed by atoms with Crippen molar-refractivity contribution in [3.8, 4) is 5.75 Å². The van der Waals surface area contributed by atoms with E-state index >= 15 is 0 Å². The second-order valence-electron chi connectivity index (χ2n) is 5.05. The summed E-state index contributed by atoms with van der Waals surface area (Å²) in [6.45, 7) is 2.87. The van der Waals surface area contributed by atoms with Gasteiger partial charge in [0.25, 0.3) is 0 Å². The molecule has 1 fully saturated rings. The first kappa shape index (κ1) is 12.3.